The number of hydrogen-bond acceptors (Lipinski definition) is 2. The van der Waals surface area contributed by atoms with Gasteiger partial charge in [-0.15, -0.1) is 0 Å². The van der Waals surface area contributed by atoms with E-state index in [9.17, 15) is 8.42 Å². The highest BCUT2D eigenvalue weighted by atomic mass is 32.2. The third-order valence-corrected chi connectivity index (χ3v) is 6.32. The normalized spacial score (nSPS) is 30.1. The van der Waals surface area contributed by atoms with Crippen molar-refractivity contribution in [1.29, 1.82) is 0 Å². The molecule has 3 heteroatoms. The molecular formula is C14H26O2S. The molecule has 0 heterocycles. The van der Waals surface area contributed by atoms with Gasteiger partial charge in [-0.2, -0.15) is 0 Å². The molecule has 2 fully saturated rings. The smallest absolute Gasteiger partial charge is 0.150 e. The summed E-state index contributed by atoms with van der Waals surface area (Å²) in [4.78, 5) is 0. The zero-order valence-electron chi connectivity index (χ0n) is 11.4. The molecule has 0 bridgehead atoms. The van der Waals surface area contributed by atoms with E-state index in [1.165, 1.54) is 12.8 Å². The van der Waals surface area contributed by atoms with E-state index in [-0.39, 0.29) is 0 Å². The fourth-order valence-electron chi connectivity index (χ4n) is 2.77. The summed E-state index contributed by atoms with van der Waals surface area (Å²) in [5.41, 5.74) is 0.355. The van der Waals surface area contributed by atoms with Crippen molar-refractivity contribution >= 4 is 9.84 Å². The number of sulfone groups is 1. The summed E-state index contributed by atoms with van der Waals surface area (Å²) in [5.74, 6) is 2.80. The molecule has 2 nitrogen and oxygen atoms in total. The number of rotatable bonds is 5. The maximum absolute atomic E-state index is 11.9. The van der Waals surface area contributed by atoms with Crippen LogP contribution in [-0.4, -0.2) is 19.9 Å². The van der Waals surface area contributed by atoms with Crippen molar-refractivity contribution in [2.75, 3.05) is 11.5 Å². The van der Waals surface area contributed by atoms with Crippen molar-refractivity contribution in [3.8, 4) is 0 Å². The summed E-state index contributed by atoms with van der Waals surface area (Å²) >= 11 is 0. The van der Waals surface area contributed by atoms with Crippen LogP contribution in [0.3, 0.4) is 0 Å². The Morgan fingerprint density at radius 1 is 1.06 bits per heavy atom. The van der Waals surface area contributed by atoms with Crippen molar-refractivity contribution < 1.29 is 8.42 Å². The molecule has 2 aliphatic rings. The van der Waals surface area contributed by atoms with Gasteiger partial charge in [0.1, 0.15) is 0 Å². The summed E-state index contributed by atoms with van der Waals surface area (Å²) in [7, 11) is -2.77. The topological polar surface area (TPSA) is 34.1 Å². The lowest BCUT2D eigenvalue weighted by molar-refractivity contribution is 0.0879. The minimum atomic E-state index is -2.77. The van der Waals surface area contributed by atoms with Crippen LogP contribution in [0.5, 0.6) is 0 Å². The van der Waals surface area contributed by atoms with Crippen LogP contribution < -0.4 is 0 Å². The second-order valence-electron chi connectivity index (χ2n) is 7.25. The first kappa shape index (κ1) is 13.4. The molecule has 2 rings (SSSR count). The van der Waals surface area contributed by atoms with Crippen LogP contribution in [0.4, 0.5) is 0 Å². The highest BCUT2D eigenvalue weighted by molar-refractivity contribution is 7.91. The average molecular weight is 258 g/mol. The second kappa shape index (κ2) is 4.56. The maximum Gasteiger partial charge on any atom is 0.150 e. The first-order valence-electron chi connectivity index (χ1n) is 6.97. The second-order valence-corrected chi connectivity index (χ2v) is 9.48. The van der Waals surface area contributed by atoms with Crippen molar-refractivity contribution in [2.45, 2.75) is 52.9 Å². The summed E-state index contributed by atoms with van der Waals surface area (Å²) in [6, 6.07) is 0. The Balaban J connectivity index is 1.71. The van der Waals surface area contributed by atoms with Gasteiger partial charge in [-0.25, -0.2) is 8.42 Å². The van der Waals surface area contributed by atoms with Crippen molar-refractivity contribution in [1.82, 2.24) is 0 Å². The molecule has 0 aromatic rings. The Hall–Kier alpha value is -0.0500. The zero-order valence-corrected chi connectivity index (χ0v) is 12.2. The summed E-state index contributed by atoms with van der Waals surface area (Å²) < 4.78 is 23.8. The molecule has 0 aliphatic heterocycles. The molecule has 0 aromatic heterocycles. The summed E-state index contributed by atoms with van der Waals surface area (Å²) in [6.07, 6.45) is 5.66. The Morgan fingerprint density at radius 3 is 2.12 bits per heavy atom. The molecule has 17 heavy (non-hydrogen) atoms. The SMILES string of the molecule is CC(C)(C)C1CC(CS(=O)(=O)CCC2CC2)C1. The van der Waals surface area contributed by atoms with Gasteiger partial charge in [0.15, 0.2) is 9.84 Å². The Labute approximate surface area is 106 Å². The van der Waals surface area contributed by atoms with E-state index in [0.717, 1.165) is 31.1 Å². The van der Waals surface area contributed by atoms with Crippen LogP contribution in [0.15, 0.2) is 0 Å². The van der Waals surface area contributed by atoms with Crippen LogP contribution in [0.25, 0.3) is 0 Å². The highest BCUT2D eigenvalue weighted by Crippen LogP contribution is 2.45. The largest absolute Gasteiger partial charge is 0.229 e. The third-order valence-electron chi connectivity index (χ3n) is 4.48. The van der Waals surface area contributed by atoms with Gasteiger partial charge >= 0.3 is 0 Å². The van der Waals surface area contributed by atoms with Gasteiger partial charge in [0.2, 0.25) is 0 Å². The Kier molecular flexibility index (Phi) is 3.59. The molecule has 0 aromatic carbocycles. The van der Waals surface area contributed by atoms with Crippen LogP contribution >= 0.6 is 0 Å². The van der Waals surface area contributed by atoms with Crippen LogP contribution in [0.2, 0.25) is 0 Å². The van der Waals surface area contributed by atoms with Crippen molar-refractivity contribution in [3.63, 3.8) is 0 Å². The van der Waals surface area contributed by atoms with Gasteiger partial charge < -0.3 is 0 Å². The van der Waals surface area contributed by atoms with Crippen LogP contribution in [-0.2, 0) is 9.84 Å². The van der Waals surface area contributed by atoms with E-state index in [0.29, 0.717) is 22.8 Å². The molecule has 0 radical (unpaired) electrons. The summed E-state index contributed by atoms with van der Waals surface area (Å²) in [5, 5.41) is 0. The fraction of sp³-hybridized carbons (Fsp3) is 1.00. The molecule has 0 amide bonds. The van der Waals surface area contributed by atoms with E-state index in [1.54, 1.807) is 0 Å². The summed E-state index contributed by atoms with van der Waals surface area (Å²) in [6.45, 7) is 6.78. The predicted octanol–water partition coefficient (Wildman–Crippen LogP) is 3.27. The molecule has 0 saturated heterocycles. The van der Waals surface area contributed by atoms with E-state index in [1.807, 2.05) is 0 Å². The van der Waals surface area contributed by atoms with Gasteiger partial charge in [-0.1, -0.05) is 33.6 Å². The minimum Gasteiger partial charge on any atom is -0.229 e. The van der Waals surface area contributed by atoms with Gasteiger partial charge in [-0.3, -0.25) is 0 Å². The van der Waals surface area contributed by atoms with Crippen LogP contribution in [0.1, 0.15) is 52.9 Å². The van der Waals surface area contributed by atoms with E-state index in [4.69, 9.17) is 0 Å². The van der Waals surface area contributed by atoms with E-state index in [2.05, 4.69) is 20.8 Å². The number of hydrogen-bond donors (Lipinski definition) is 0. The molecule has 100 valence electrons. The highest BCUT2D eigenvalue weighted by Gasteiger charge is 2.39. The minimum absolute atomic E-state index is 0.355. The lowest BCUT2D eigenvalue weighted by atomic mass is 9.64. The quantitative estimate of drug-likeness (QED) is 0.758. The van der Waals surface area contributed by atoms with Crippen LogP contribution in [0, 0.1) is 23.2 Å². The van der Waals surface area contributed by atoms with Crippen molar-refractivity contribution in [2.24, 2.45) is 23.2 Å². The average Bonchev–Trinajstić information content (AvgIpc) is 2.89. The fourth-order valence-corrected chi connectivity index (χ4v) is 4.62. The van der Waals surface area contributed by atoms with Gasteiger partial charge in [0, 0.05) is 0 Å². The Bertz CT molecular complexity index is 354. The molecule has 0 N–H and O–H groups in total. The lowest BCUT2D eigenvalue weighted by Crippen LogP contribution is -2.37. The van der Waals surface area contributed by atoms with E-state index >= 15 is 0 Å². The monoisotopic (exact) mass is 258 g/mol. The Morgan fingerprint density at radius 2 is 1.65 bits per heavy atom. The first-order chi connectivity index (χ1) is 7.76. The van der Waals surface area contributed by atoms with E-state index < -0.39 is 9.84 Å². The standard InChI is InChI=1S/C14H26O2S/c1-14(2,3)13-8-12(9-13)10-17(15,16)7-6-11-4-5-11/h11-13H,4-10H2,1-3H3. The molecule has 0 atom stereocenters. The lowest BCUT2D eigenvalue weighted by Gasteiger charge is -2.43. The molecule has 2 saturated carbocycles. The van der Waals surface area contributed by atoms with Gasteiger partial charge in [-0.05, 0) is 42.4 Å². The predicted molar refractivity (Wildman–Crippen MR) is 71.7 cm³/mol. The molecule has 0 unspecified atom stereocenters. The third kappa shape index (κ3) is 3.97. The van der Waals surface area contributed by atoms with Crippen molar-refractivity contribution in [3.05, 3.63) is 0 Å². The maximum atomic E-state index is 11.9. The zero-order chi connectivity index (χ0) is 12.7. The molecule has 2 aliphatic carbocycles. The molecular weight excluding hydrogens is 232 g/mol. The van der Waals surface area contributed by atoms with Gasteiger partial charge in [0.05, 0.1) is 11.5 Å². The molecule has 0 spiro atoms. The first-order valence-corrected chi connectivity index (χ1v) is 8.79. The van der Waals surface area contributed by atoms with Gasteiger partial charge in [0.25, 0.3) is 0 Å².